The van der Waals surface area contributed by atoms with Gasteiger partial charge in [-0.3, -0.25) is 0 Å². The summed E-state index contributed by atoms with van der Waals surface area (Å²) in [6.07, 6.45) is -4.79. The minimum Gasteiger partial charge on any atom is -0.405 e. The average molecular weight is 572 g/mol. The molecule has 0 unspecified atom stereocenters. The number of alkyl halides is 3. The zero-order chi connectivity index (χ0) is 22.0. The molecule has 0 spiro atoms. The molecule has 12 heteroatoms. The maximum atomic E-state index is 12.5. The number of guanidine groups is 1. The molecule has 0 heterocycles. The number of nitrogens with one attached hydrogen (secondary N) is 3. The summed E-state index contributed by atoms with van der Waals surface area (Å²) in [6, 6.07) is 13.7. The second kappa shape index (κ2) is 12.7. The van der Waals surface area contributed by atoms with Crippen LogP contribution in [0.15, 0.2) is 64.5 Å². The largest absolute Gasteiger partial charge is 0.573 e. The van der Waals surface area contributed by atoms with Crippen molar-refractivity contribution >= 4 is 40.0 Å². The van der Waals surface area contributed by atoms with Gasteiger partial charge in [0.1, 0.15) is 5.75 Å². The first-order valence-corrected chi connectivity index (χ1v) is 10.6. The number of aliphatic imine (C=N–C) groups is 1. The summed E-state index contributed by atoms with van der Waals surface area (Å²) in [4.78, 5) is 4.40. The normalized spacial score (nSPS) is 12.1. The quantitative estimate of drug-likeness (QED) is 0.186. The fraction of sp³-hybridized carbons (Fsp3) is 0.316. The SMILES string of the molecule is CCNC(=NCc1ccccc1OC(F)(F)F)NCCNS(=O)(=O)c1ccccc1.I. The zero-order valence-corrected chi connectivity index (χ0v) is 19.8. The third-order valence-electron chi connectivity index (χ3n) is 3.71. The van der Waals surface area contributed by atoms with E-state index in [1.807, 2.05) is 6.92 Å². The van der Waals surface area contributed by atoms with Gasteiger partial charge in [0.2, 0.25) is 10.0 Å². The molecule has 0 aliphatic heterocycles. The molecule has 2 aromatic rings. The van der Waals surface area contributed by atoms with Crippen LogP contribution in [0, 0.1) is 0 Å². The van der Waals surface area contributed by atoms with Gasteiger partial charge in [-0.25, -0.2) is 18.1 Å². The van der Waals surface area contributed by atoms with E-state index in [4.69, 9.17) is 0 Å². The number of para-hydroxylation sites is 1. The first-order chi connectivity index (χ1) is 14.2. The Kier molecular flexibility index (Phi) is 11.1. The molecule has 2 rings (SSSR count). The Balaban J connectivity index is 0.00000480. The third-order valence-corrected chi connectivity index (χ3v) is 5.19. The second-order valence-electron chi connectivity index (χ2n) is 5.99. The highest BCUT2D eigenvalue weighted by Crippen LogP contribution is 2.26. The Hall–Kier alpha value is -2.06. The first-order valence-electron chi connectivity index (χ1n) is 9.12. The van der Waals surface area contributed by atoms with E-state index in [0.717, 1.165) is 0 Å². The fourth-order valence-electron chi connectivity index (χ4n) is 2.41. The maximum absolute atomic E-state index is 12.5. The van der Waals surface area contributed by atoms with Crippen LogP contribution < -0.4 is 20.1 Å². The summed E-state index contributed by atoms with van der Waals surface area (Å²) in [5.74, 6) is 0.0124. The number of sulfonamides is 1. The van der Waals surface area contributed by atoms with Crippen molar-refractivity contribution in [3.63, 3.8) is 0 Å². The Morgan fingerprint density at radius 1 is 1.00 bits per heavy atom. The van der Waals surface area contributed by atoms with Gasteiger partial charge in [0.15, 0.2) is 5.96 Å². The van der Waals surface area contributed by atoms with E-state index in [2.05, 4.69) is 25.1 Å². The molecule has 2 aromatic carbocycles. The van der Waals surface area contributed by atoms with Gasteiger partial charge in [0.05, 0.1) is 11.4 Å². The van der Waals surface area contributed by atoms with Gasteiger partial charge >= 0.3 is 6.36 Å². The van der Waals surface area contributed by atoms with E-state index in [9.17, 15) is 21.6 Å². The molecule has 172 valence electrons. The lowest BCUT2D eigenvalue weighted by molar-refractivity contribution is -0.274. The lowest BCUT2D eigenvalue weighted by atomic mass is 10.2. The number of hydrogen-bond donors (Lipinski definition) is 3. The van der Waals surface area contributed by atoms with Crippen molar-refractivity contribution in [3.8, 4) is 5.75 Å². The monoisotopic (exact) mass is 572 g/mol. The van der Waals surface area contributed by atoms with E-state index in [-0.39, 0.29) is 59.8 Å². The predicted molar refractivity (Wildman–Crippen MR) is 123 cm³/mol. The molecule has 0 saturated heterocycles. The maximum Gasteiger partial charge on any atom is 0.573 e. The van der Waals surface area contributed by atoms with Crippen molar-refractivity contribution < 1.29 is 26.3 Å². The molecule has 31 heavy (non-hydrogen) atoms. The van der Waals surface area contributed by atoms with E-state index in [1.54, 1.807) is 24.3 Å². The van der Waals surface area contributed by atoms with Crippen LogP contribution >= 0.6 is 24.0 Å². The minimum absolute atomic E-state index is 0. The van der Waals surface area contributed by atoms with E-state index in [0.29, 0.717) is 12.5 Å². The summed E-state index contributed by atoms with van der Waals surface area (Å²) in [7, 11) is -3.62. The Morgan fingerprint density at radius 2 is 1.65 bits per heavy atom. The van der Waals surface area contributed by atoms with E-state index >= 15 is 0 Å². The lowest BCUT2D eigenvalue weighted by Crippen LogP contribution is -2.41. The molecule has 0 aliphatic carbocycles. The van der Waals surface area contributed by atoms with Crippen LogP contribution in [-0.4, -0.2) is 40.4 Å². The zero-order valence-electron chi connectivity index (χ0n) is 16.6. The lowest BCUT2D eigenvalue weighted by Gasteiger charge is -2.14. The van der Waals surface area contributed by atoms with Gasteiger partial charge in [0.25, 0.3) is 0 Å². The van der Waals surface area contributed by atoms with Gasteiger partial charge in [-0.15, -0.1) is 37.1 Å². The summed E-state index contributed by atoms with van der Waals surface area (Å²) in [5, 5.41) is 5.88. The van der Waals surface area contributed by atoms with Crippen LogP contribution in [0.3, 0.4) is 0 Å². The summed E-state index contributed by atoms with van der Waals surface area (Å²) >= 11 is 0. The van der Waals surface area contributed by atoms with Crippen molar-refractivity contribution in [2.24, 2.45) is 4.99 Å². The molecule has 0 atom stereocenters. The molecule has 0 bridgehead atoms. The highest BCUT2D eigenvalue weighted by molar-refractivity contribution is 14.0. The van der Waals surface area contributed by atoms with Crippen LogP contribution in [0.2, 0.25) is 0 Å². The van der Waals surface area contributed by atoms with Gasteiger partial charge in [-0.1, -0.05) is 36.4 Å². The van der Waals surface area contributed by atoms with Crippen molar-refractivity contribution in [1.29, 1.82) is 0 Å². The first kappa shape index (κ1) is 27.0. The third kappa shape index (κ3) is 9.74. The van der Waals surface area contributed by atoms with Gasteiger partial charge in [-0.05, 0) is 25.1 Å². The molecular formula is C19H24F3IN4O3S. The smallest absolute Gasteiger partial charge is 0.405 e. The molecule has 0 fully saturated rings. The van der Waals surface area contributed by atoms with Crippen molar-refractivity contribution in [2.45, 2.75) is 24.7 Å². The Labute approximate surface area is 196 Å². The van der Waals surface area contributed by atoms with Gasteiger partial charge in [0, 0.05) is 25.2 Å². The van der Waals surface area contributed by atoms with Crippen molar-refractivity contribution in [2.75, 3.05) is 19.6 Å². The molecule has 0 saturated carbocycles. The van der Waals surface area contributed by atoms with Crippen molar-refractivity contribution in [3.05, 3.63) is 60.2 Å². The van der Waals surface area contributed by atoms with Crippen molar-refractivity contribution in [1.82, 2.24) is 15.4 Å². The highest BCUT2D eigenvalue weighted by Gasteiger charge is 2.31. The molecule has 0 radical (unpaired) electrons. The number of hydrogen-bond acceptors (Lipinski definition) is 4. The molecule has 7 nitrogen and oxygen atoms in total. The van der Waals surface area contributed by atoms with Crippen LogP contribution in [0.1, 0.15) is 12.5 Å². The minimum atomic E-state index is -4.79. The highest BCUT2D eigenvalue weighted by atomic mass is 127. The van der Waals surface area contributed by atoms with E-state index < -0.39 is 16.4 Å². The average Bonchev–Trinajstić information content (AvgIpc) is 2.70. The standard InChI is InChI=1S/C19H23F3N4O3S.HI/c1-2-23-18(24-12-13-26-30(27,28)16-9-4-3-5-10-16)25-14-15-8-6-7-11-17(15)29-19(20,21)22;/h3-11,26H,2,12-14H2,1H3,(H2,23,24,25);1H. The number of benzene rings is 2. The van der Waals surface area contributed by atoms with Crippen LogP contribution in [-0.2, 0) is 16.6 Å². The Morgan fingerprint density at radius 3 is 2.29 bits per heavy atom. The second-order valence-corrected chi connectivity index (χ2v) is 7.76. The molecule has 0 aromatic heterocycles. The Bertz CT molecular complexity index is 942. The summed E-state index contributed by atoms with van der Waals surface area (Å²) in [6.45, 7) is 2.60. The van der Waals surface area contributed by atoms with Crippen LogP contribution in [0.4, 0.5) is 13.2 Å². The van der Waals surface area contributed by atoms with Crippen LogP contribution in [0.5, 0.6) is 5.75 Å². The van der Waals surface area contributed by atoms with Gasteiger partial charge in [-0.2, -0.15) is 0 Å². The molecular weight excluding hydrogens is 548 g/mol. The van der Waals surface area contributed by atoms with E-state index in [1.165, 1.54) is 30.3 Å². The number of ether oxygens (including phenoxy) is 1. The topological polar surface area (TPSA) is 91.8 Å². The number of halogens is 4. The number of rotatable bonds is 9. The molecule has 0 amide bonds. The summed E-state index contributed by atoms with van der Waals surface area (Å²) < 4.78 is 68.4. The fourth-order valence-corrected chi connectivity index (χ4v) is 3.47. The van der Waals surface area contributed by atoms with Gasteiger partial charge < -0.3 is 15.4 Å². The molecule has 0 aliphatic rings. The predicted octanol–water partition coefficient (Wildman–Crippen LogP) is 3.24. The molecule has 3 N–H and O–H groups in total. The number of nitrogens with zero attached hydrogens (tertiary/aromatic N) is 1. The summed E-state index contributed by atoms with van der Waals surface area (Å²) in [5.41, 5.74) is 0.261. The van der Waals surface area contributed by atoms with Crippen LogP contribution in [0.25, 0.3) is 0 Å².